The van der Waals surface area contributed by atoms with Gasteiger partial charge in [-0.2, -0.15) is 5.10 Å². The summed E-state index contributed by atoms with van der Waals surface area (Å²) < 4.78 is 0. The van der Waals surface area contributed by atoms with Crippen LogP contribution in [0.5, 0.6) is 0 Å². The van der Waals surface area contributed by atoms with Crippen molar-refractivity contribution in [1.82, 2.24) is 15.5 Å². The number of guanidine groups is 1. The number of rotatable bonds is 1. The summed E-state index contributed by atoms with van der Waals surface area (Å²) in [5, 5.41) is 11.0. The molecule has 6 N–H and O–H groups in total. The zero-order chi connectivity index (χ0) is 12.8. The molecule has 1 aromatic heterocycles. The Kier molecular flexibility index (Phi) is 2.14. The third-order valence-corrected chi connectivity index (χ3v) is 3.08. The van der Waals surface area contributed by atoms with Crippen LogP contribution in [0.1, 0.15) is 11.3 Å². The number of fused-ring (bicyclic) bond motifs is 1. The molecule has 2 aromatic rings. The summed E-state index contributed by atoms with van der Waals surface area (Å²) in [5.74, 6) is 0.304. The predicted molar refractivity (Wildman–Crippen MR) is 70.6 cm³/mol. The highest BCUT2D eigenvalue weighted by Crippen LogP contribution is 2.26. The molecule has 6 heteroatoms. The predicted octanol–water partition coefficient (Wildman–Crippen LogP) is 0.414. The van der Waals surface area contributed by atoms with Gasteiger partial charge in [-0.3, -0.25) is 10.8 Å². The van der Waals surface area contributed by atoms with E-state index in [4.69, 9.17) is 11.5 Å². The van der Waals surface area contributed by atoms with Gasteiger partial charge >= 0.3 is 0 Å². The lowest BCUT2D eigenvalue weighted by Crippen LogP contribution is -2.42. The molecule has 1 aromatic carbocycles. The molecule has 0 bridgehead atoms. The van der Waals surface area contributed by atoms with Crippen LogP contribution in [0.25, 0.3) is 10.9 Å². The Morgan fingerprint density at radius 1 is 1.33 bits per heavy atom. The van der Waals surface area contributed by atoms with Crippen LogP contribution >= 0.6 is 0 Å². The third-order valence-electron chi connectivity index (χ3n) is 3.08. The van der Waals surface area contributed by atoms with Gasteiger partial charge in [-0.05, 0) is 19.1 Å². The van der Waals surface area contributed by atoms with E-state index >= 15 is 0 Å². The van der Waals surface area contributed by atoms with E-state index in [1.807, 2.05) is 25.1 Å². The largest absolute Gasteiger partial charge is 0.370 e. The molecule has 0 radical (unpaired) electrons. The summed E-state index contributed by atoms with van der Waals surface area (Å²) in [7, 11) is 0. The normalized spacial score (nSPS) is 22.9. The van der Waals surface area contributed by atoms with Gasteiger partial charge in [0.15, 0.2) is 11.6 Å². The quantitative estimate of drug-likeness (QED) is 0.581. The minimum atomic E-state index is -0.934. The SMILES string of the molecule is Cc1[nH]nc2cc(C3(N)C=CNC(N)=N3)ccc12. The minimum Gasteiger partial charge on any atom is -0.370 e. The van der Waals surface area contributed by atoms with Gasteiger partial charge in [-0.15, -0.1) is 0 Å². The summed E-state index contributed by atoms with van der Waals surface area (Å²) in [5.41, 5.74) is 13.7. The summed E-state index contributed by atoms with van der Waals surface area (Å²) >= 11 is 0. The maximum absolute atomic E-state index is 6.24. The van der Waals surface area contributed by atoms with Crippen molar-refractivity contribution >= 4 is 16.9 Å². The average Bonchev–Trinajstić information content (AvgIpc) is 2.70. The third kappa shape index (κ3) is 1.54. The molecule has 92 valence electrons. The van der Waals surface area contributed by atoms with Crippen LogP contribution in [0.15, 0.2) is 35.5 Å². The van der Waals surface area contributed by atoms with E-state index < -0.39 is 5.66 Å². The summed E-state index contributed by atoms with van der Waals surface area (Å²) in [6, 6.07) is 5.85. The molecule has 0 fully saturated rings. The Labute approximate surface area is 104 Å². The molecule has 1 atom stereocenters. The van der Waals surface area contributed by atoms with Crippen LogP contribution in [0, 0.1) is 6.92 Å². The zero-order valence-electron chi connectivity index (χ0n) is 9.94. The maximum atomic E-state index is 6.24. The Balaban J connectivity index is 2.14. The number of H-pyrrole nitrogens is 1. The Morgan fingerprint density at radius 3 is 2.94 bits per heavy atom. The Bertz CT molecular complexity index is 668. The van der Waals surface area contributed by atoms with Crippen molar-refractivity contribution in [3.05, 3.63) is 41.7 Å². The standard InChI is InChI=1S/C12H14N6/c1-7-9-3-2-8(6-10(9)18-17-7)12(14)4-5-15-11(13)16-12/h2-6H,14H2,1H3,(H,17,18)(H3,13,15,16). The number of nitrogens with two attached hydrogens (primary N) is 2. The number of benzene rings is 1. The number of aryl methyl sites for hydroxylation is 1. The molecular weight excluding hydrogens is 228 g/mol. The van der Waals surface area contributed by atoms with Crippen LogP contribution in [-0.2, 0) is 5.66 Å². The fraction of sp³-hybridized carbons (Fsp3) is 0.167. The lowest BCUT2D eigenvalue weighted by molar-refractivity contribution is 0.582. The van der Waals surface area contributed by atoms with Crippen molar-refractivity contribution in [1.29, 1.82) is 0 Å². The molecule has 0 saturated carbocycles. The van der Waals surface area contributed by atoms with E-state index in [2.05, 4.69) is 20.5 Å². The molecule has 1 unspecified atom stereocenters. The maximum Gasteiger partial charge on any atom is 0.195 e. The van der Waals surface area contributed by atoms with E-state index in [1.165, 1.54) is 0 Å². The smallest absolute Gasteiger partial charge is 0.195 e. The van der Waals surface area contributed by atoms with Gasteiger partial charge in [-0.1, -0.05) is 12.1 Å². The highest BCUT2D eigenvalue weighted by Gasteiger charge is 2.26. The van der Waals surface area contributed by atoms with Gasteiger partial charge in [-0.25, -0.2) is 4.99 Å². The molecule has 0 saturated heterocycles. The van der Waals surface area contributed by atoms with E-state index in [9.17, 15) is 0 Å². The van der Waals surface area contributed by atoms with Crippen molar-refractivity contribution in [2.24, 2.45) is 16.5 Å². The fourth-order valence-electron chi connectivity index (χ4n) is 2.08. The second-order valence-corrected chi connectivity index (χ2v) is 4.38. The van der Waals surface area contributed by atoms with Crippen molar-refractivity contribution in [2.75, 3.05) is 0 Å². The lowest BCUT2D eigenvalue weighted by atomic mass is 9.98. The van der Waals surface area contributed by atoms with Gasteiger partial charge in [0.1, 0.15) is 0 Å². The number of hydrogen-bond donors (Lipinski definition) is 4. The highest BCUT2D eigenvalue weighted by molar-refractivity contribution is 5.83. The molecule has 1 aliphatic heterocycles. The fourth-order valence-corrected chi connectivity index (χ4v) is 2.08. The van der Waals surface area contributed by atoms with Crippen LogP contribution in [-0.4, -0.2) is 16.2 Å². The first-order valence-electron chi connectivity index (χ1n) is 5.62. The van der Waals surface area contributed by atoms with Crippen LogP contribution in [0.4, 0.5) is 0 Å². The molecule has 2 heterocycles. The number of hydrogen-bond acceptors (Lipinski definition) is 5. The molecule has 1 aliphatic rings. The van der Waals surface area contributed by atoms with Crippen LogP contribution in [0.2, 0.25) is 0 Å². The van der Waals surface area contributed by atoms with Gasteiger partial charge in [0.2, 0.25) is 0 Å². The first kappa shape index (κ1) is 10.8. The molecule has 18 heavy (non-hydrogen) atoms. The number of aromatic nitrogens is 2. The van der Waals surface area contributed by atoms with E-state index in [0.717, 1.165) is 22.2 Å². The number of aliphatic imine (C=N–C) groups is 1. The van der Waals surface area contributed by atoms with Gasteiger partial charge < -0.3 is 11.1 Å². The summed E-state index contributed by atoms with van der Waals surface area (Å²) in [4.78, 5) is 4.23. The van der Waals surface area contributed by atoms with Crippen LogP contribution < -0.4 is 16.8 Å². The number of nitrogens with one attached hydrogen (secondary N) is 2. The molecular formula is C12H14N6. The minimum absolute atomic E-state index is 0.304. The Hall–Kier alpha value is -2.34. The number of nitrogens with zero attached hydrogens (tertiary/aromatic N) is 2. The van der Waals surface area contributed by atoms with E-state index in [0.29, 0.717) is 5.96 Å². The molecule has 3 rings (SSSR count). The average molecular weight is 242 g/mol. The number of aromatic amines is 1. The highest BCUT2D eigenvalue weighted by atomic mass is 15.2. The van der Waals surface area contributed by atoms with Gasteiger partial charge in [0.25, 0.3) is 0 Å². The molecule has 6 nitrogen and oxygen atoms in total. The second kappa shape index (κ2) is 3.58. The van der Waals surface area contributed by atoms with Gasteiger partial charge in [0, 0.05) is 22.8 Å². The van der Waals surface area contributed by atoms with Crippen molar-refractivity contribution in [2.45, 2.75) is 12.6 Å². The van der Waals surface area contributed by atoms with Crippen molar-refractivity contribution in [3.63, 3.8) is 0 Å². The monoisotopic (exact) mass is 242 g/mol. The van der Waals surface area contributed by atoms with Gasteiger partial charge in [0.05, 0.1) is 5.52 Å². The Morgan fingerprint density at radius 2 is 2.17 bits per heavy atom. The molecule has 0 aliphatic carbocycles. The first-order chi connectivity index (χ1) is 8.58. The molecule has 0 spiro atoms. The summed E-state index contributed by atoms with van der Waals surface area (Å²) in [6.45, 7) is 1.98. The van der Waals surface area contributed by atoms with E-state index in [1.54, 1.807) is 12.3 Å². The topological polar surface area (TPSA) is 105 Å². The van der Waals surface area contributed by atoms with Crippen molar-refractivity contribution in [3.8, 4) is 0 Å². The lowest BCUT2D eigenvalue weighted by Gasteiger charge is -2.25. The zero-order valence-corrected chi connectivity index (χ0v) is 9.94. The summed E-state index contributed by atoms with van der Waals surface area (Å²) in [6.07, 6.45) is 3.46. The second-order valence-electron chi connectivity index (χ2n) is 4.38. The molecule has 0 amide bonds. The van der Waals surface area contributed by atoms with E-state index in [-0.39, 0.29) is 0 Å². The first-order valence-corrected chi connectivity index (χ1v) is 5.62. The van der Waals surface area contributed by atoms with Crippen LogP contribution in [0.3, 0.4) is 0 Å². The van der Waals surface area contributed by atoms with Crippen molar-refractivity contribution < 1.29 is 0 Å².